The van der Waals surface area contributed by atoms with E-state index in [0.717, 1.165) is 0 Å². The maximum Gasteiger partial charge on any atom is 0.404 e. The zero-order chi connectivity index (χ0) is 13.5. The second-order valence-corrected chi connectivity index (χ2v) is 3.35. The summed E-state index contributed by atoms with van der Waals surface area (Å²) in [5.41, 5.74) is 11.1. The Bertz CT molecular complexity index is 448. The Kier molecular flexibility index (Phi) is 4.79. The van der Waals surface area contributed by atoms with Crippen molar-refractivity contribution in [3.05, 3.63) is 23.8 Å². The molecule has 0 bridgehead atoms. The first-order valence-electron chi connectivity index (χ1n) is 5.19. The summed E-state index contributed by atoms with van der Waals surface area (Å²) >= 11 is 0. The van der Waals surface area contributed by atoms with Crippen molar-refractivity contribution in [2.45, 2.75) is 0 Å². The third-order valence-corrected chi connectivity index (χ3v) is 2.13. The molecule has 0 heterocycles. The van der Waals surface area contributed by atoms with Gasteiger partial charge < -0.3 is 26.3 Å². The van der Waals surface area contributed by atoms with E-state index in [1.54, 1.807) is 18.2 Å². The highest BCUT2D eigenvalue weighted by Gasteiger charge is 2.13. The van der Waals surface area contributed by atoms with Crippen LogP contribution >= 0.6 is 0 Å². The molecule has 0 saturated carbocycles. The molecule has 0 aliphatic carbocycles. The molecule has 1 aromatic carbocycles. The van der Waals surface area contributed by atoms with Crippen molar-refractivity contribution in [1.82, 2.24) is 5.32 Å². The molecule has 0 unspecified atom stereocenters. The third-order valence-electron chi connectivity index (χ3n) is 2.13. The number of nitrogens with one attached hydrogen (secondary N) is 1. The van der Waals surface area contributed by atoms with Crippen LogP contribution in [0.25, 0.3) is 0 Å². The SMILES string of the molecule is COc1c(N)cccc1C(=O)NCCOC(N)=O. The Morgan fingerprint density at radius 3 is 2.72 bits per heavy atom. The van der Waals surface area contributed by atoms with E-state index in [2.05, 4.69) is 10.1 Å². The topological polar surface area (TPSA) is 117 Å². The van der Waals surface area contributed by atoms with Gasteiger partial charge in [-0.25, -0.2) is 4.79 Å². The lowest BCUT2D eigenvalue weighted by molar-refractivity contribution is 0.0934. The van der Waals surface area contributed by atoms with Gasteiger partial charge in [0.15, 0.2) is 5.75 Å². The zero-order valence-electron chi connectivity index (χ0n) is 9.93. The monoisotopic (exact) mass is 253 g/mol. The van der Waals surface area contributed by atoms with Crippen LogP contribution in [0.1, 0.15) is 10.4 Å². The quantitative estimate of drug-likeness (QED) is 0.508. The lowest BCUT2D eigenvalue weighted by Gasteiger charge is -2.11. The van der Waals surface area contributed by atoms with Gasteiger partial charge in [-0.15, -0.1) is 0 Å². The number of nitrogen functional groups attached to an aromatic ring is 1. The maximum atomic E-state index is 11.8. The standard InChI is InChI=1S/C11H15N3O4/c1-17-9-7(3-2-4-8(9)12)10(15)14-5-6-18-11(13)16/h2-4H,5-6,12H2,1H3,(H2,13,16)(H,14,15). The van der Waals surface area contributed by atoms with E-state index in [-0.39, 0.29) is 19.1 Å². The molecule has 0 spiro atoms. The number of anilines is 1. The van der Waals surface area contributed by atoms with Crippen LogP contribution in [-0.2, 0) is 4.74 Å². The number of carbonyl (C=O) groups is 2. The van der Waals surface area contributed by atoms with Gasteiger partial charge in [-0.3, -0.25) is 4.79 Å². The first-order chi connectivity index (χ1) is 8.56. The summed E-state index contributed by atoms with van der Waals surface area (Å²) in [6.07, 6.45) is -0.884. The summed E-state index contributed by atoms with van der Waals surface area (Å²) in [5.74, 6) is -0.0574. The summed E-state index contributed by atoms with van der Waals surface area (Å²) in [7, 11) is 1.43. The van der Waals surface area contributed by atoms with Crippen LogP contribution in [0, 0.1) is 0 Å². The molecule has 7 heteroatoms. The highest BCUT2D eigenvalue weighted by molar-refractivity contribution is 5.98. The number of hydrogen-bond acceptors (Lipinski definition) is 5. The normalized spacial score (nSPS) is 9.61. The van der Waals surface area contributed by atoms with Gasteiger partial charge in [0.05, 0.1) is 24.9 Å². The molecule has 1 aromatic rings. The molecular formula is C11H15N3O4. The van der Waals surface area contributed by atoms with E-state index in [9.17, 15) is 9.59 Å². The van der Waals surface area contributed by atoms with Crippen molar-refractivity contribution in [3.63, 3.8) is 0 Å². The fourth-order valence-corrected chi connectivity index (χ4v) is 1.37. The van der Waals surface area contributed by atoms with E-state index in [1.165, 1.54) is 7.11 Å². The molecule has 0 radical (unpaired) electrons. The molecule has 0 aliphatic rings. The van der Waals surface area contributed by atoms with E-state index >= 15 is 0 Å². The molecule has 2 amide bonds. The van der Waals surface area contributed by atoms with Gasteiger partial charge >= 0.3 is 6.09 Å². The van der Waals surface area contributed by atoms with Gasteiger partial charge in [-0.2, -0.15) is 0 Å². The van der Waals surface area contributed by atoms with E-state index in [0.29, 0.717) is 17.0 Å². The van der Waals surface area contributed by atoms with Crippen LogP contribution in [0.2, 0.25) is 0 Å². The average Bonchev–Trinajstić information content (AvgIpc) is 2.33. The van der Waals surface area contributed by atoms with E-state index in [4.69, 9.17) is 16.2 Å². The number of nitrogens with two attached hydrogens (primary N) is 2. The first kappa shape index (κ1) is 13.6. The Morgan fingerprint density at radius 1 is 1.39 bits per heavy atom. The minimum Gasteiger partial charge on any atom is -0.494 e. The molecule has 98 valence electrons. The van der Waals surface area contributed by atoms with Crippen LogP contribution in [0.5, 0.6) is 5.75 Å². The fourth-order valence-electron chi connectivity index (χ4n) is 1.37. The van der Waals surface area contributed by atoms with Gasteiger partial charge in [0.1, 0.15) is 6.61 Å². The van der Waals surface area contributed by atoms with Gasteiger partial charge in [0, 0.05) is 0 Å². The summed E-state index contributed by atoms with van der Waals surface area (Å²) < 4.78 is 9.53. The van der Waals surface area contributed by atoms with Crippen LogP contribution in [0.3, 0.4) is 0 Å². The number of para-hydroxylation sites is 1. The predicted molar refractivity (Wildman–Crippen MR) is 65.3 cm³/mol. The number of carbonyl (C=O) groups excluding carboxylic acids is 2. The molecule has 0 fully saturated rings. The molecular weight excluding hydrogens is 238 g/mol. The number of primary amides is 1. The summed E-state index contributed by atoms with van der Waals surface area (Å²) in [6, 6.07) is 4.86. The molecule has 7 nitrogen and oxygen atoms in total. The Labute approximate surface area is 104 Å². The van der Waals surface area contributed by atoms with Gasteiger partial charge in [-0.05, 0) is 12.1 Å². The van der Waals surface area contributed by atoms with Crippen LogP contribution in [-0.4, -0.2) is 32.3 Å². The molecule has 0 aliphatic heterocycles. The van der Waals surface area contributed by atoms with Crippen LogP contribution in [0.4, 0.5) is 10.5 Å². The number of benzene rings is 1. The van der Waals surface area contributed by atoms with Crippen molar-refractivity contribution >= 4 is 17.7 Å². The van der Waals surface area contributed by atoms with Gasteiger partial charge in [0.2, 0.25) is 0 Å². The van der Waals surface area contributed by atoms with Gasteiger partial charge in [-0.1, -0.05) is 6.07 Å². The van der Waals surface area contributed by atoms with Crippen molar-refractivity contribution in [3.8, 4) is 5.75 Å². The number of ether oxygens (including phenoxy) is 2. The number of methoxy groups -OCH3 is 1. The van der Waals surface area contributed by atoms with E-state index in [1.807, 2.05) is 0 Å². The number of amides is 2. The van der Waals surface area contributed by atoms with E-state index < -0.39 is 6.09 Å². The van der Waals surface area contributed by atoms with Crippen molar-refractivity contribution < 1.29 is 19.1 Å². The first-order valence-corrected chi connectivity index (χ1v) is 5.19. The maximum absolute atomic E-state index is 11.8. The van der Waals surface area contributed by atoms with Crippen LogP contribution in [0.15, 0.2) is 18.2 Å². The smallest absolute Gasteiger partial charge is 0.404 e. The Balaban J connectivity index is 2.61. The second kappa shape index (κ2) is 6.33. The minimum absolute atomic E-state index is 0.00566. The zero-order valence-corrected chi connectivity index (χ0v) is 9.93. The van der Waals surface area contributed by atoms with Gasteiger partial charge in [0.25, 0.3) is 5.91 Å². The number of hydrogen-bond donors (Lipinski definition) is 3. The largest absolute Gasteiger partial charge is 0.494 e. The minimum atomic E-state index is -0.884. The second-order valence-electron chi connectivity index (χ2n) is 3.35. The molecule has 1 rings (SSSR count). The predicted octanol–water partition coefficient (Wildman–Crippen LogP) is 0.102. The third kappa shape index (κ3) is 3.55. The molecule has 0 atom stereocenters. The fraction of sp³-hybridized carbons (Fsp3) is 0.273. The van der Waals surface area contributed by atoms with Crippen molar-refractivity contribution in [2.24, 2.45) is 5.73 Å². The van der Waals surface area contributed by atoms with Crippen molar-refractivity contribution in [1.29, 1.82) is 0 Å². The number of rotatable bonds is 5. The molecule has 0 aromatic heterocycles. The Morgan fingerprint density at radius 2 is 2.11 bits per heavy atom. The average molecular weight is 253 g/mol. The summed E-state index contributed by atoms with van der Waals surface area (Å²) in [6.45, 7) is 0.158. The molecule has 5 N–H and O–H groups in total. The lowest BCUT2D eigenvalue weighted by atomic mass is 10.1. The lowest BCUT2D eigenvalue weighted by Crippen LogP contribution is -2.29. The Hall–Kier alpha value is -2.44. The highest BCUT2D eigenvalue weighted by atomic mass is 16.5. The summed E-state index contributed by atoms with van der Waals surface area (Å²) in [4.78, 5) is 22.1. The summed E-state index contributed by atoms with van der Waals surface area (Å²) in [5, 5.41) is 2.55. The molecule has 0 saturated heterocycles. The molecule has 18 heavy (non-hydrogen) atoms. The van der Waals surface area contributed by atoms with Crippen LogP contribution < -0.4 is 21.5 Å². The van der Waals surface area contributed by atoms with Crippen molar-refractivity contribution in [2.75, 3.05) is 26.0 Å². The highest BCUT2D eigenvalue weighted by Crippen LogP contribution is 2.25.